The largest absolute Gasteiger partial charge is 0.480 e. The quantitative estimate of drug-likeness (QED) is 0.872. The molecule has 2 bridgehead atoms. The Labute approximate surface area is 124 Å². The van der Waals surface area contributed by atoms with E-state index in [1.165, 1.54) is 30.3 Å². The zero-order chi connectivity index (χ0) is 15.0. The first-order chi connectivity index (χ1) is 10.0. The smallest absolute Gasteiger partial charge is 0.323 e. The molecule has 0 saturated heterocycles. The van der Waals surface area contributed by atoms with Crippen molar-refractivity contribution in [3.8, 4) is 0 Å². The molecule has 1 heterocycles. The molecule has 1 amide bonds. The van der Waals surface area contributed by atoms with Gasteiger partial charge in [0, 0.05) is 12.2 Å². The van der Waals surface area contributed by atoms with Crippen molar-refractivity contribution in [1.29, 1.82) is 0 Å². The highest BCUT2D eigenvalue weighted by atomic mass is 16.4. The lowest BCUT2D eigenvalue weighted by atomic mass is 9.84. The van der Waals surface area contributed by atoms with E-state index in [0.717, 1.165) is 11.8 Å². The fraction of sp³-hybridized carbons (Fsp3) is 0.625. The van der Waals surface area contributed by atoms with E-state index in [-0.39, 0.29) is 18.5 Å². The number of hydrogen-bond acceptors (Lipinski definition) is 2. The number of hydrogen-bond donors (Lipinski definition) is 2. The zero-order valence-corrected chi connectivity index (χ0v) is 12.3. The number of nitrogens with one attached hydrogen (secondary N) is 1. The molecule has 0 radical (unpaired) electrons. The molecule has 0 aromatic carbocycles. The molecule has 2 fully saturated rings. The van der Waals surface area contributed by atoms with E-state index in [9.17, 15) is 9.59 Å². The fourth-order valence-electron chi connectivity index (χ4n) is 4.20. The van der Waals surface area contributed by atoms with Gasteiger partial charge in [0.15, 0.2) is 0 Å². The lowest BCUT2D eigenvalue weighted by Gasteiger charge is -2.28. The monoisotopic (exact) mass is 290 g/mol. The summed E-state index contributed by atoms with van der Waals surface area (Å²) in [7, 11) is 0. The SMILES string of the molecule is CC(NC(=O)c1cccn1CC(=O)O)C1CC2CCC1C2. The van der Waals surface area contributed by atoms with Crippen LogP contribution in [0, 0.1) is 17.8 Å². The van der Waals surface area contributed by atoms with Gasteiger partial charge in [0.1, 0.15) is 12.2 Å². The Morgan fingerprint density at radius 3 is 2.86 bits per heavy atom. The number of aliphatic carboxylic acids is 1. The van der Waals surface area contributed by atoms with Crippen LogP contribution in [0.25, 0.3) is 0 Å². The first-order valence-corrected chi connectivity index (χ1v) is 7.72. The third kappa shape index (κ3) is 2.82. The number of amides is 1. The Balaban J connectivity index is 1.63. The molecule has 114 valence electrons. The average Bonchev–Trinajstić information content (AvgIpc) is 3.12. The molecule has 5 heteroatoms. The van der Waals surface area contributed by atoms with Gasteiger partial charge in [-0.25, -0.2) is 0 Å². The molecule has 0 spiro atoms. The third-order valence-electron chi connectivity index (χ3n) is 5.16. The molecule has 0 aliphatic heterocycles. The second kappa shape index (κ2) is 5.54. The van der Waals surface area contributed by atoms with Gasteiger partial charge in [-0.3, -0.25) is 9.59 Å². The van der Waals surface area contributed by atoms with E-state index in [2.05, 4.69) is 12.2 Å². The minimum absolute atomic E-state index is 0.154. The summed E-state index contributed by atoms with van der Waals surface area (Å²) in [5.41, 5.74) is 0.424. The normalized spacial score (nSPS) is 28.5. The standard InChI is InChI=1S/C16H22N2O3/c1-10(13-8-11-4-5-12(13)7-11)17-16(21)14-3-2-6-18(14)9-15(19)20/h2-3,6,10-13H,4-5,7-9H2,1H3,(H,17,21)(H,19,20). The van der Waals surface area contributed by atoms with Crippen LogP contribution in [0.4, 0.5) is 0 Å². The van der Waals surface area contributed by atoms with Crippen LogP contribution < -0.4 is 5.32 Å². The second-order valence-corrected chi connectivity index (χ2v) is 6.52. The minimum Gasteiger partial charge on any atom is -0.480 e. The Morgan fingerprint density at radius 1 is 1.43 bits per heavy atom. The van der Waals surface area contributed by atoms with Crippen LogP contribution >= 0.6 is 0 Å². The average molecular weight is 290 g/mol. The van der Waals surface area contributed by atoms with Crippen molar-refractivity contribution in [3.63, 3.8) is 0 Å². The van der Waals surface area contributed by atoms with Crippen molar-refractivity contribution in [2.24, 2.45) is 17.8 Å². The van der Waals surface area contributed by atoms with E-state index in [1.54, 1.807) is 18.3 Å². The Hall–Kier alpha value is -1.78. The molecule has 4 unspecified atom stereocenters. The fourth-order valence-corrected chi connectivity index (χ4v) is 4.20. The number of carboxylic acid groups (broad SMARTS) is 1. The van der Waals surface area contributed by atoms with Crippen molar-refractivity contribution < 1.29 is 14.7 Å². The van der Waals surface area contributed by atoms with E-state index < -0.39 is 5.97 Å². The third-order valence-corrected chi connectivity index (χ3v) is 5.16. The Bertz CT molecular complexity index is 551. The lowest BCUT2D eigenvalue weighted by molar-refractivity contribution is -0.137. The maximum atomic E-state index is 12.4. The number of fused-ring (bicyclic) bond motifs is 2. The zero-order valence-electron chi connectivity index (χ0n) is 12.3. The van der Waals surface area contributed by atoms with Crippen molar-refractivity contribution in [2.45, 2.75) is 45.2 Å². The van der Waals surface area contributed by atoms with Crippen molar-refractivity contribution >= 4 is 11.9 Å². The van der Waals surface area contributed by atoms with E-state index in [4.69, 9.17) is 5.11 Å². The molecule has 2 saturated carbocycles. The molecule has 2 N–H and O–H groups in total. The van der Waals surface area contributed by atoms with Crippen molar-refractivity contribution in [2.75, 3.05) is 0 Å². The molecular formula is C16H22N2O3. The highest BCUT2D eigenvalue weighted by Gasteiger charge is 2.42. The summed E-state index contributed by atoms with van der Waals surface area (Å²) in [6.45, 7) is 1.89. The number of carbonyl (C=O) groups is 2. The summed E-state index contributed by atoms with van der Waals surface area (Å²) >= 11 is 0. The van der Waals surface area contributed by atoms with E-state index in [1.807, 2.05) is 0 Å². The molecule has 2 aliphatic carbocycles. The topological polar surface area (TPSA) is 71.3 Å². The van der Waals surface area contributed by atoms with Crippen LogP contribution in [0.15, 0.2) is 18.3 Å². The van der Waals surface area contributed by atoms with Gasteiger partial charge in [-0.1, -0.05) is 6.42 Å². The maximum Gasteiger partial charge on any atom is 0.323 e. The predicted molar refractivity (Wildman–Crippen MR) is 77.9 cm³/mol. The summed E-state index contributed by atoms with van der Waals surface area (Å²) in [5, 5.41) is 11.9. The maximum absolute atomic E-state index is 12.4. The van der Waals surface area contributed by atoms with Gasteiger partial charge in [0.05, 0.1) is 0 Å². The van der Waals surface area contributed by atoms with Gasteiger partial charge in [0.2, 0.25) is 0 Å². The van der Waals surface area contributed by atoms with Crippen LogP contribution in [0.2, 0.25) is 0 Å². The first kappa shape index (κ1) is 14.2. The second-order valence-electron chi connectivity index (χ2n) is 6.52. The molecule has 1 aromatic rings. The van der Waals surface area contributed by atoms with Crippen LogP contribution in [0.5, 0.6) is 0 Å². The molecule has 21 heavy (non-hydrogen) atoms. The summed E-state index contributed by atoms with van der Waals surface area (Å²) in [6, 6.07) is 3.53. The summed E-state index contributed by atoms with van der Waals surface area (Å²) in [5.74, 6) is 1.08. The first-order valence-electron chi connectivity index (χ1n) is 7.72. The number of nitrogens with zero attached hydrogens (tertiary/aromatic N) is 1. The Morgan fingerprint density at radius 2 is 2.24 bits per heavy atom. The number of carbonyl (C=O) groups excluding carboxylic acids is 1. The van der Waals surface area contributed by atoms with Crippen LogP contribution in [-0.2, 0) is 11.3 Å². The van der Waals surface area contributed by atoms with Gasteiger partial charge in [-0.15, -0.1) is 0 Å². The van der Waals surface area contributed by atoms with E-state index >= 15 is 0 Å². The number of rotatable bonds is 5. The summed E-state index contributed by atoms with van der Waals surface area (Å²) in [4.78, 5) is 23.2. The highest BCUT2D eigenvalue weighted by molar-refractivity contribution is 5.93. The molecule has 1 aromatic heterocycles. The van der Waals surface area contributed by atoms with Gasteiger partial charge in [0.25, 0.3) is 5.91 Å². The summed E-state index contributed by atoms with van der Waals surface area (Å²) in [6.07, 6.45) is 6.82. The minimum atomic E-state index is -0.943. The molecule has 5 nitrogen and oxygen atoms in total. The molecular weight excluding hydrogens is 268 g/mol. The van der Waals surface area contributed by atoms with Gasteiger partial charge < -0.3 is 15.0 Å². The number of aromatic nitrogens is 1. The lowest BCUT2D eigenvalue weighted by Crippen LogP contribution is -2.40. The van der Waals surface area contributed by atoms with Gasteiger partial charge in [-0.2, -0.15) is 0 Å². The van der Waals surface area contributed by atoms with Crippen LogP contribution in [-0.4, -0.2) is 27.6 Å². The molecule has 2 aliphatic rings. The van der Waals surface area contributed by atoms with Gasteiger partial charge >= 0.3 is 5.97 Å². The van der Waals surface area contributed by atoms with E-state index in [0.29, 0.717) is 11.6 Å². The van der Waals surface area contributed by atoms with Crippen molar-refractivity contribution in [1.82, 2.24) is 9.88 Å². The van der Waals surface area contributed by atoms with Gasteiger partial charge in [-0.05, 0) is 56.1 Å². The van der Waals surface area contributed by atoms with Crippen molar-refractivity contribution in [3.05, 3.63) is 24.0 Å². The Kier molecular flexibility index (Phi) is 3.74. The highest BCUT2D eigenvalue weighted by Crippen LogP contribution is 2.49. The van der Waals surface area contributed by atoms with Crippen LogP contribution in [0.1, 0.15) is 43.1 Å². The number of carboxylic acids is 1. The molecule has 4 atom stereocenters. The van der Waals surface area contributed by atoms with Crippen LogP contribution in [0.3, 0.4) is 0 Å². The summed E-state index contributed by atoms with van der Waals surface area (Å²) < 4.78 is 1.48. The molecule has 3 rings (SSSR count). The predicted octanol–water partition coefficient (Wildman–Crippen LogP) is 2.13.